The number of aliphatic hydroxyl groups excluding tert-OH is 3. The molecule has 3 N–H and O–H groups in total. The van der Waals surface area contributed by atoms with Gasteiger partial charge in [-0.25, -0.2) is 4.79 Å². The highest BCUT2D eigenvalue weighted by Gasteiger charge is 2.48. The molecule has 1 aliphatic heterocycles. The molecule has 2 aromatic rings. The summed E-state index contributed by atoms with van der Waals surface area (Å²) in [5.41, 5.74) is 0.198. The van der Waals surface area contributed by atoms with E-state index in [2.05, 4.69) is 0 Å². The van der Waals surface area contributed by atoms with E-state index in [0.717, 1.165) is 0 Å². The van der Waals surface area contributed by atoms with E-state index < -0.39 is 43.3 Å². The lowest BCUT2D eigenvalue weighted by Crippen LogP contribution is -2.61. The first-order valence-electron chi connectivity index (χ1n) is 8.82. The van der Waals surface area contributed by atoms with E-state index in [0.29, 0.717) is 16.5 Å². The van der Waals surface area contributed by atoms with Crippen molar-refractivity contribution in [2.75, 3.05) is 13.7 Å². The third-order valence-electron chi connectivity index (χ3n) is 4.46. The van der Waals surface area contributed by atoms with Gasteiger partial charge in [-0.3, -0.25) is 0 Å². The van der Waals surface area contributed by atoms with Crippen molar-refractivity contribution in [1.29, 1.82) is 0 Å². The summed E-state index contributed by atoms with van der Waals surface area (Å²) in [7, 11) is 1.52. The van der Waals surface area contributed by atoms with Gasteiger partial charge in [0.25, 0.3) is 0 Å². The minimum atomic E-state index is -1.54. The molecule has 1 saturated heterocycles. The van der Waals surface area contributed by atoms with Crippen molar-refractivity contribution in [3.63, 3.8) is 0 Å². The number of carbonyl (C=O) groups excluding carboxylic acids is 1. The third-order valence-corrected chi connectivity index (χ3v) is 4.71. The standard InChI is InChI=1S/C20H21ClO8/c1-26-13-6-8-14(9-7-13)27-20-18(17(24)16(23)15(10-22)28-20)29-19(25)11-2-4-12(21)5-3-11/h2-9,15-18,20,22-24H,10H2,1H3/t15-,16+,17+,18-,20-/m1/s1. The van der Waals surface area contributed by atoms with Gasteiger partial charge in [0.1, 0.15) is 29.8 Å². The fraction of sp³-hybridized carbons (Fsp3) is 0.350. The number of halogens is 1. The zero-order valence-corrected chi connectivity index (χ0v) is 16.2. The van der Waals surface area contributed by atoms with Crippen molar-refractivity contribution < 1.29 is 39.1 Å². The first-order chi connectivity index (χ1) is 13.9. The third kappa shape index (κ3) is 4.98. The molecule has 0 aromatic heterocycles. The second kappa shape index (κ2) is 9.43. The molecular formula is C20H21ClO8. The maximum atomic E-state index is 12.5. The number of hydrogen-bond acceptors (Lipinski definition) is 8. The van der Waals surface area contributed by atoms with Crippen LogP contribution < -0.4 is 9.47 Å². The highest BCUT2D eigenvalue weighted by molar-refractivity contribution is 6.30. The van der Waals surface area contributed by atoms with Gasteiger partial charge in [0.15, 0.2) is 6.10 Å². The molecule has 156 valence electrons. The van der Waals surface area contributed by atoms with E-state index in [-0.39, 0.29) is 5.56 Å². The highest BCUT2D eigenvalue weighted by atomic mass is 35.5. The van der Waals surface area contributed by atoms with Crippen molar-refractivity contribution in [2.24, 2.45) is 0 Å². The van der Waals surface area contributed by atoms with Gasteiger partial charge in [-0.1, -0.05) is 11.6 Å². The van der Waals surface area contributed by atoms with Crippen LogP contribution in [0.1, 0.15) is 10.4 Å². The molecule has 8 nitrogen and oxygen atoms in total. The van der Waals surface area contributed by atoms with Crippen molar-refractivity contribution in [3.8, 4) is 11.5 Å². The zero-order chi connectivity index (χ0) is 21.0. The Labute approximate surface area is 172 Å². The van der Waals surface area contributed by atoms with E-state index in [4.69, 9.17) is 30.5 Å². The van der Waals surface area contributed by atoms with Gasteiger partial charge in [0, 0.05) is 5.02 Å². The largest absolute Gasteiger partial charge is 0.497 e. The zero-order valence-electron chi connectivity index (χ0n) is 15.5. The lowest BCUT2D eigenvalue weighted by atomic mass is 9.99. The molecule has 1 aliphatic rings. The summed E-state index contributed by atoms with van der Waals surface area (Å²) in [6, 6.07) is 12.5. The molecule has 1 heterocycles. The molecule has 9 heteroatoms. The second-order valence-corrected chi connectivity index (χ2v) is 6.81. The molecule has 0 amide bonds. The first kappa shape index (κ1) is 21.4. The molecule has 29 heavy (non-hydrogen) atoms. The van der Waals surface area contributed by atoms with Crippen LogP contribution in [0.15, 0.2) is 48.5 Å². The minimum Gasteiger partial charge on any atom is -0.497 e. The van der Waals surface area contributed by atoms with E-state index in [1.165, 1.54) is 31.4 Å². The molecule has 0 unspecified atom stereocenters. The Kier molecular flexibility index (Phi) is 6.94. The van der Waals surface area contributed by atoms with Crippen molar-refractivity contribution in [1.82, 2.24) is 0 Å². The quantitative estimate of drug-likeness (QED) is 0.596. The molecule has 1 fully saturated rings. The van der Waals surface area contributed by atoms with Crippen LogP contribution in [0.25, 0.3) is 0 Å². The lowest BCUT2D eigenvalue weighted by Gasteiger charge is -2.41. The monoisotopic (exact) mass is 424 g/mol. The number of methoxy groups -OCH3 is 1. The summed E-state index contributed by atoms with van der Waals surface area (Å²) in [5.74, 6) is 0.201. The Hall–Kier alpha value is -2.36. The smallest absolute Gasteiger partial charge is 0.338 e. The molecule has 0 radical (unpaired) electrons. The van der Waals surface area contributed by atoms with E-state index in [9.17, 15) is 20.1 Å². The van der Waals surface area contributed by atoms with Crippen molar-refractivity contribution in [3.05, 3.63) is 59.1 Å². The number of hydrogen-bond donors (Lipinski definition) is 3. The Morgan fingerprint density at radius 3 is 2.24 bits per heavy atom. The van der Waals surface area contributed by atoms with Gasteiger partial charge >= 0.3 is 5.97 Å². The maximum Gasteiger partial charge on any atom is 0.338 e. The predicted octanol–water partition coefficient (Wildman–Crippen LogP) is 1.39. The second-order valence-electron chi connectivity index (χ2n) is 6.38. The van der Waals surface area contributed by atoms with Gasteiger partial charge in [0.2, 0.25) is 6.29 Å². The van der Waals surface area contributed by atoms with Gasteiger partial charge < -0.3 is 34.3 Å². The number of ether oxygens (including phenoxy) is 4. The molecule has 2 aromatic carbocycles. The van der Waals surface area contributed by atoms with Gasteiger partial charge in [0.05, 0.1) is 19.3 Å². The van der Waals surface area contributed by atoms with E-state index >= 15 is 0 Å². The van der Waals surface area contributed by atoms with Gasteiger partial charge in [-0.2, -0.15) is 0 Å². The lowest BCUT2D eigenvalue weighted by molar-refractivity contribution is -0.276. The van der Waals surface area contributed by atoms with Gasteiger partial charge in [-0.05, 0) is 48.5 Å². The summed E-state index contributed by atoms with van der Waals surface area (Å²) in [5, 5.41) is 30.5. The number of esters is 1. The average molecular weight is 425 g/mol. The summed E-state index contributed by atoms with van der Waals surface area (Å²) >= 11 is 5.82. The number of carbonyl (C=O) groups is 1. The normalized spacial score (nSPS) is 26.6. The van der Waals surface area contributed by atoms with Crippen LogP contribution >= 0.6 is 11.6 Å². The van der Waals surface area contributed by atoms with Crippen LogP contribution in [0.3, 0.4) is 0 Å². The summed E-state index contributed by atoms with van der Waals surface area (Å²) < 4.78 is 21.7. The first-order valence-corrected chi connectivity index (χ1v) is 9.20. The Balaban J connectivity index is 1.80. The highest BCUT2D eigenvalue weighted by Crippen LogP contribution is 2.28. The number of rotatable bonds is 6. The summed E-state index contributed by atoms with van der Waals surface area (Å²) in [4.78, 5) is 12.5. The van der Waals surface area contributed by atoms with Crippen molar-refractivity contribution in [2.45, 2.75) is 30.7 Å². The Bertz CT molecular complexity index is 810. The summed E-state index contributed by atoms with van der Waals surface area (Å²) in [6.45, 7) is -0.557. The van der Waals surface area contributed by atoms with Crippen LogP contribution in [0.4, 0.5) is 0 Å². The van der Waals surface area contributed by atoms with Gasteiger partial charge in [-0.15, -0.1) is 0 Å². The van der Waals surface area contributed by atoms with Crippen LogP contribution in [0.5, 0.6) is 11.5 Å². The predicted molar refractivity (Wildman–Crippen MR) is 102 cm³/mol. The van der Waals surface area contributed by atoms with Crippen LogP contribution in [-0.4, -0.2) is 65.7 Å². The number of benzene rings is 2. The Morgan fingerprint density at radius 1 is 1.03 bits per heavy atom. The van der Waals surface area contributed by atoms with Crippen LogP contribution in [0, 0.1) is 0 Å². The molecule has 3 rings (SSSR count). The SMILES string of the molecule is COc1ccc(O[C@@H]2O[C@H](CO)[C@H](O)[C@H](O)[C@H]2OC(=O)c2ccc(Cl)cc2)cc1. The van der Waals surface area contributed by atoms with Crippen molar-refractivity contribution >= 4 is 17.6 Å². The average Bonchev–Trinajstić information content (AvgIpc) is 2.74. The number of aliphatic hydroxyl groups is 3. The van der Waals surface area contributed by atoms with E-state index in [1.807, 2.05) is 0 Å². The molecule has 5 atom stereocenters. The molecular weight excluding hydrogens is 404 g/mol. The fourth-order valence-electron chi connectivity index (χ4n) is 2.84. The molecule has 0 aliphatic carbocycles. The summed E-state index contributed by atoms with van der Waals surface area (Å²) in [6.07, 6.45) is -6.74. The van der Waals surface area contributed by atoms with Crippen LogP contribution in [0.2, 0.25) is 5.02 Å². The Morgan fingerprint density at radius 2 is 1.66 bits per heavy atom. The molecule has 0 bridgehead atoms. The van der Waals surface area contributed by atoms with E-state index in [1.54, 1.807) is 24.3 Å². The minimum absolute atomic E-state index is 0.198. The fourth-order valence-corrected chi connectivity index (χ4v) is 2.97. The maximum absolute atomic E-state index is 12.5. The molecule has 0 saturated carbocycles. The molecule has 0 spiro atoms. The topological polar surface area (TPSA) is 115 Å². The van der Waals surface area contributed by atoms with Crippen LogP contribution in [-0.2, 0) is 9.47 Å².